The van der Waals surface area contributed by atoms with E-state index in [-0.39, 0.29) is 5.91 Å². The Morgan fingerprint density at radius 1 is 1.04 bits per heavy atom. The van der Waals surface area contributed by atoms with Gasteiger partial charge in [-0.05, 0) is 49.1 Å². The number of nitrogens with one attached hydrogen (secondary N) is 1. The summed E-state index contributed by atoms with van der Waals surface area (Å²) in [6, 6.07) is 14.8. The summed E-state index contributed by atoms with van der Waals surface area (Å²) < 4.78 is 0. The molecule has 0 bridgehead atoms. The molecule has 2 aromatic rings. The number of para-hydroxylation sites is 1. The predicted molar refractivity (Wildman–Crippen MR) is 109 cm³/mol. The molecule has 4 heteroatoms. The minimum Gasteiger partial charge on any atom is -0.369 e. The molecule has 26 heavy (non-hydrogen) atoms. The molecule has 0 atom stereocenters. The summed E-state index contributed by atoms with van der Waals surface area (Å²) >= 11 is 0. The molecule has 0 spiro atoms. The number of hydrogen-bond donors (Lipinski definition) is 1. The van der Waals surface area contributed by atoms with Crippen LogP contribution in [0.3, 0.4) is 0 Å². The van der Waals surface area contributed by atoms with Crippen LogP contribution in [0, 0.1) is 13.8 Å². The molecule has 1 saturated heterocycles. The second-order valence-electron chi connectivity index (χ2n) is 7.11. The highest BCUT2D eigenvalue weighted by Crippen LogP contribution is 2.21. The SMILES string of the molecule is CCc1cccc(C)c1NC(=O)CN1CCN(c2cccc(C)c2)CC1. The first-order chi connectivity index (χ1) is 12.6. The van der Waals surface area contributed by atoms with E-state index in [1.807, 2.05) is 6.07 Å². The van der Waals surface area contributed by atoms with Crippen molar-refractivity contribution in [2.75, 3.05) is 42.9 Å². The molecule has 138 valence electrons. The lowest BCUT2D eigenvalue weighted by atomic mass is 10.1. The van der Waals surface area contributed by atoms with Crippen LogP contribution in [0.2, 0.25) is 0 Å². The van der Waals surface area contributed by atoms with Crippen LogP contribution in [0.5, 0.6) is 0 Å². The van der Waals surface area contributed by atoms with E-state index < -0.39 is 0 Å². The molecule has 1 fully saturated rings. The van der Waals surface area contributed by atoms with E-state index in [0.29, 0.717) is 6.54 Å². The Kier molecular flexibility index (Phi) is 5.94. The molecular weight excluding hydrogens is 322 g/mol. The highest BCUT2D eigenvalue weighted by Gasteiger charge is 2.20. The van der Waals surface area contributed by atoms with Gasteiger partial charge in [0, 0.05) is 37.6 Å². The highest BCUT2D eigenvalue weighted by atomic mass is 16.2. The highest BCUT2D eigenvalue weighted by molar-refractivity contribution is 5.93. The fourth-order valence-corrected chi connectivity index (χ4v) is 3.57. The van der Waals surface area contributed by atoms with Crippen molar-refractivity contribution in [3.63, 3.8) is 0 Å². The zero-order valence-electron chi connectivity index (χ0n) is 16.1. The molecule has 1 aliphatic rings. The average Bonchev–Trinajstić information content (AvgIpc) is 2.64. The molecule has 3 rings (SSSR count). The van der Waals surface area contributed by atoms with Crippen LogP contribution in [-0.4, -0.2) is 43.5 Å². The monoisotopic (exact) mass is 351 g/mol. The maximum Gasteiger partial charge on any atom is 0.238 e. The molecule has 0 saturated carbocycles. The summed E-state index contributed by atoms with van der Waals surface area (Å²) in [4.78, 5) is 17.2. The molecule has 0 aliphatic carbocycles. The normalized spacial score (nSPS) is 15.1. The fraction of sp³-hybridized carbons (Fsp3) is 0.409. The van der Waals surface area contributed by atoms with Gasteiger partial charge in [0.2, 0.25) is 5.91 Å². The van der Waals surface area contributed by atoms with Gasteiger partial charge in [-0.15, -0.1) is 0 Å². The second-order valence-corrected chi connectivity index (χ2v) is 7.11. The van der Waals surface area contributed by atoms with E-state index in [1.165, 1.54) is 16.8 Å². The average molecular weight is 351 g/mol. The summed E-state index contributed by atoms with van der Waals surface area (Å²) in [7, 11) is 0. The molecule has 1 amide bonds. The van der Waals surface area contributed by atoms with Gasteiger partial charge < -0.3 is 10.2 Å². The molecular formula is C22H29N3O. The Morgan fingerprint density at radius 2 is 1.77 bits per heavy atom. The lowest BCUT2D eigenvalue weighted by Gasteiger charge is -2.35. The predicted octanol–water partition coefficient (Wildman–Crippen LogP) is 3.63. The van der Waals surface area contributed by atoms with Gasteiger partial charge in [0.25, 0.3) is 0 Å². The van der Waals surface area contributed by atoms with Gasteiger partial charge in [-0.3, -0.25) is 9.69 Å². The molecule has 4 nitrogen and oxygen atoms in total. The van der Waals surface area contributed by atoms with Crippen molar-refractivity contribution >= 4 is 17.3 Å². The first kappa shape index (κ1) is 18.5. The number of aryl methyl sites for hydroxylation is 3. The largest absolute Gasteiger partial charge is 0.369 e. The standard InChI is InChI=1S/C22H29N3O/c1-4-19-9-6-8-18(3)22(19)23-21(26)16-24-11-13-25(14-12-24)20-10-5-7-17(2)15-20/h5-10,15H,4,11-14,16H2,1-3H3,(H,23,26). The first-order valence-corrected chi connectivity index (χ1v) is 9.49. The Labute approximate surface area is 156 Å². The second kappa shape index (κ2) is 8.37. The number of nitrogens with zero attached hydrogens (tertiary/aromatic N) is 2. The smallest absolute Gasteiger partial charge is 0.238 e. The number of amides is 1. The van der Waals surface area contributed by atoms with E-state index in [4.69, 9.17) is 0 Å². The van der Waals surface area contributed by atoms with E-state index in [1.54, 1.807) is 0 Å². The van der Waals surface area contributed by atoms with Crippen molar-refractivity contribution in [2.45, 2.75) is 27.2 Å². The molecule has 1 aliphatic heterocycles. The number of piperazine rings is 1. The van der Waals surface area contributed by atoms with Crippen LogP contribution >= 0.6 is 0 Å². The number of anilines is 2. The van der Waals surface area contributed by atoms with E-state index in [0.717, 1.165) is 43.9 Å². The first-order valence-electron chi connectivity index (χ1n) is 9.49. The van der Waals surface area contributed by atoms with E-state index in [2.05, 4.69) is 72.3 Å². The van der Waals surface area contributed by atoms with Crippen molar-refractivity contribution in [3.05, 3.63) is 59.2 Å². The lowest BCUT2D eigenvalue weighted by Crippen LogP contribution is -2.48. The summed E-state index contributed by atoms with van der Waals surface area (Å²) in [5, 5.41) is 3.13. The van der Waals surface area contributed by atoms with Gasteiger partial charge in [0.1, 0.15) is 0 Å². The number of carbonyl (C=O) groups is 1. The van der Waals surface area contributed by atoms with Gasteiger partial charge in [0.05, 0.1) is 6.54 Å². The van der Waals surface area contributed by atoms with Crippen molar-refractivity contribution in [2.24, 2.45) is 0 Å². The quantitative estimate of drug-likeness (QED) is 0.893. The number of rotatable bonds is 5. The van der Waals surface area contributed by atoms with Crippen LogP contribution in [0.4, 0.5) is 11.4 Å². The third-order valence-electron chi connectivity index (χ3n) is 5.11. The maximum atomic E-state index is 12.5. The summed E-state index contributed by atoms with van der Waals surface area (Å²) in [5.41, 5.74) is 5.87. The number of hydrogen-bond acceptors (Lipinski definition) is 3. The minimum absolute atomic E-state index is 0.0815. The summed E-state index contributed by atoms with van der Waals surface area (Å²) in [6.07, 6.45) is 0.923. The maximum absolute atomic E-state index is 12.5. The van der Waals surface area contributed by atoms with Crippen LogP contribution in [-0.2, 0) is 11.2 Å². The van der Waals surface area contributed by atoms with Crippen LogP contribution in [0.1, 0.15) is 23.6 Å². The molecule has 0 aromatic heterocycles. The van der Waals surface area contributed by atoms with Crippen LogP contribution in [0.25, 0.3) is 0 Å². The topological polar surface area (TPSA) is 35.6 Å². The van der Waals surface area contributed by atoms with Crippen molar-refractivity contribution in [3.8, 4) is 0 Å². The van der Waals surface area contributed by atoms with Crippen LogP contribution < -0.4 is 10.2 Å². The van der Waals surface area contributed by atoms with Crippen molar-refractivity contribution < 1.29 is 4.79 Å². The van der Waals surface area contributed by atoms with Gasteiger partial charge >= 0.3 is 0 Å². The van der Waals surface area contributed by atoms with Gasteiger partial charge in [-0.1, -0.05) is 37.3 Å². The number of carbonyl (C=O) groups excluding carboxylic acids is 1. The van der Waals surface area contributed by atoms with Gasteiger partial charge in [-0.2, -0.15) is 0 Å². The molecule has 0 unspecified atom stereocenters. The molecule has 1 heterocycles. The van der Waals surface area contributed by atoms with Gasteiger partial charge in [-0.25, -0.2) is 0 Å². The Balaban J connectivity index is 1.54. The van der Waals surface area contributed by atoms with E-state index >= 15 is 0 Å². The summed E-state index contributed by atoms with van der Waals surface area (Å²) in [5.74, 6) is 0.0815. The molecule has 2 aromatic carbocycles. The lowest BCUT2D eigenvalue weighted by molar-refractivity contribution is -0.117. The Hall–Kier alpha value is -2.33. The van der Waals surface area contributed by atoms with Crippen LogP contribution in [0.15, 0.2) is 42.5 Å². The fourth-order valence-electron chi connectivity index (χ4n) is 3.57. The van der Waals surface area contributed by atoms with E-state index in [9.17, 15) is 4.79 Å². The number of benzene rings is 2. The molecule has 0 radical (unpaired) electrons. The third kappa shape index (κ3) is 4.44. The summed E-state index contributed by atoms with van der Waals surface area (Å²) in [6.45, 7) is 10.5. The third-order valence-corrected chi connectivity index (χ3v) is 5.11. The zero-order chi connectivity index (χ0) is 18.5. The van der Waals surface area contributed by atoms with Crippen molar-refractivity contribution in [1.29, 1.82) is 0 Å². The van der Waals surface area contributed by atoms with Crippen molar-refractivity contribution in [1.82, 2.24) is 4.90 Å². The Morgan fingerprint density at radius 3 is 2.46 bits per heavy atom. The Bertz CT molecular complexity index is 764. The van der Waals surface area contributed by atoms with Gasteiger partial charge in [0.15, 0.2) is 0 Å². The minimum atomic E-state index is 0.0815. The zero-order valence-corrected chi connectivity index (χ0v) is 16.1. The molecule has 1 N–H and O–H groups in total.